The van der Waals surface area contributed by atoms with Gasteiger partial charge in [-0.1, -0.05) is 32.6 Å². The summed E-state index contributed by atoms with van der Waals surface area (Å²) in [5, 5.41) is 8.83. The van der Waals surface area contributed by atoms with Crippen LogP contribution in [0.1, 0.15) is 52.9 Å². The fraction of sp³-hybridized carbons (Fsp3) is 0.917. The van der Waals surface area contributed by atoms with Gasteiger partial charge in [0.25, 0.3) is 0 Å². The lowest BCUT2D eigenvalue weighted by Gasteiger charge is -2.18. The molecule has 0 amide bonds. The number of ether oxygens (including phenoxy) is 1. The average Bonchev–Trinajstić information content (AvgIpc) is 2.16. The molecule has 90 valence electrons. The molecule has 0 fully saturated rings. The molecule has 0 atom stereocenters. The molecule has 0 aromatic carbocycles. The second kappa shape index (κ2) is 7.69. The minimum atomic E-state index is -0.798. The molecular weight excluding hydrogens is 192 g/mol. The molecule has 0 aliphatic heterocycles. The van der Waals surface area contributed by atoms with Gasteiger partial charge in [-0.05, 0) is 20.3 Å². The van der Waals surface area contributed by atoms with E-state index in [1.807, 2.05) is 0 Å². The third kappa shape index (κ3) is 7.37. The summed E-state index contributed by atoms with van der Waals surface area (Å²) in [6.07, 6.45) is 5.99. The van der Waals surface area contributed by atoms with Gasteiger partial charge in [-0.3, -0.25) is 4.79 Å². The number of hydrogen-bond acceptors (Lipinski definition) is 2. The van der Waals surface area contributed by atoms with Crippen LogP contribution >= 0.6 is 0 Å². The highest BCUT2D eigenvalue weighted by atomic mass is 16.5. The molecule has 0 unspecified atom stereocenters. The maximum absolute atomic E-state index is 10.7. The fourth-order valence-corrected chi connectivity index (χ4v) is 1.20. The minimum Gasteiger partial charge on any atom is -0.481 e. The zero-order chi connectivity index (χ0) is 11.7. The van der Waals surface area contributed by atoms with Crippen molar-refractivity contribution < 1.29 is 14.6 Å². The lowest BCUT2D eigenvalue weighted by molar-refractivity contribution is -0.150. The molecule has 15 heavy (non-hydrogen) atoms. The van der Waals surface area contributed by atoms with Crippen LogP contribution in [0.25, 0.3) is 0 Å². The van der Waals surface area contributed by atoms with Crippen molar-refractivity contribution in [1.82, 2.24) is 0 Å². The molecule has 3 nitrogen and oxygen atoms in total. The number of carboxylic acid groups (broad SMARTS) is 1. The molecule has 0 saturated carbocycles. The predicted octanol–water partition coefficient (Wildman–Crippen LogP) is 3.08. The van der Waals surface area contributed by atoms with E-state index in [-0.39, 0.29) is 0 Å². The van der Waals surface area contributed by atoms with Crippen LogP contribution in [0.2, 0.25) is 0 Å². The lowest BCUT2D eigenvalue weighted by atomic mass is 9.95. The Hall–Kier alpha value is -0.570. The van der Waals surface area contributed by atoms with Crippen LogP contribution in [0.4, 0.5) is 0 Å². The maximum Gasteiger partial charge on any atom is 0.311 e. The summed E-state index contributed by atoms with van der Waals surface area (Å²) < 4.78 is 5.36. The molecule has 0 heterocycles. The zero-order valence-corrected chi connectivity index (χ0v) is 10.2. The minimum absolute atomic E-state index is 0.302. The molecule has 1 N–H and O–H groups in total. The summed E-state index contributed by atoms with van der Waals surface area (Å²) in [5.74, 6) is -0.798. The summed E-state index contributed by atoms with van der Waals surface area (Å²) in [7, 11) is 0. The fourth-order valence-electron chi connectivity index (χ4n) is 1.20. The van der Waals surface area contributed by atoms with Gasteiger partial charge in [-0.15, -0.1) is 0 Å². The van der Waals surface area contributed by atoms with Gasteiger partial charge in [0, 0.05) is 6.61 Å². The van der Waals surface area contributed by atoms with Crippen LogP contribution in [0.3, 0.4) is 0 Å². The topological polar surface area (TPSA) is 46.5 Å². The lowest BCUT2D eigenvalue weighted by Crippen LogP contribution is -2.29. The summed E-state index contributed by atoms with van der Waals surface area (Å²) >= 11 is 0. The normalized spacial score (nSPS) is 11.7. The Bertz CT molecular complexity index is 176. The van der Waals surface area contributed by atoms with E-state index in [1.54, 1.807) is 13.8 Å². The Morgan fingerprint density at radius 3 is 2.33 bits per heavy atom. The number of unbranched alkanes of at least 4 members (excludes halogenated alkanes) is 4. The van der Waals surface area contributed by atoms with Gasteiger partial charge >= 0.3 is 5.97 Å². The molecule has 0 radical (unpaired) electrons. The van der Waals surface area contributed by atoms with E-state index < -0.39 is 11.4 Å². The van der Waals surface area contributed by atoms with E-state index in [0.717, 1.165) is 6.42 Å². The van der Waals surface area contributed by atoms with E-state index >= 15 is 0 Å². The second-order valence-electron chi connectivity index (χ2n) is 4.66. The quantitative estimate of drug-likeness (QED) is 0.602. The van der Waals surface area contributed by atoms with Crippen molar-refractivity contribution in [3.05, 3.63) is 0 Å². The second-order valence-corrected chi connectivity index (χ2v) is 4.66. The highest BCUT2D eigenvalue weighted by Gasteiger charge is 2.26. The highest BCUT2D eigenvalue weighted by Crippen LogP contribution is 2.15. The number of carbonyl (C=O) groups is 1. The van der Waals surface area contributed by atoms with E-state index in [1.165, 1.54) is 25.7 Å². The summed E-state index contributed by atoms with van der Waals surface area (Å²) in [4.78, 5) is 10.7. The molecule has 0 aromatic heterocycles. The van der Waals surface area contributed by atoms with Gasteiger partial charge in [0.05, 0.1) is 12.0 Å². The van der Waals surface area contributed by atoms with Crippen LogP contribution in [0.15, 0.2) is 0 Å². The zero-order valence-electron chi connectivity index (χ0n) is 10.2. The van der Waals surface area contributed by atoms with Crippen molar-refractivity contribution in [3.8, 4) is 0 Å². The molecule has 0 saturated heterocycles. The van der Waals surface area contributed by atoms with Gasteiger partial charge in [0.1, 0.15) is 0 Å². The monoisotopic (exact) mass is 216 g/mol. The van der Waals surface area contributed by atoms with Gasteiger partial charge in [0.15, 0.2) is 0 Å². The predicted molar refractivity (Wildman–Crippen MR) is 61.0 cm³/mol. The Morgan fingerprint density at radius 1 is 1.20 bits per heavy atom. The number of hydrogen-bond donors (Lipinski definition) is 1. The molecule has 3 heteroatoms. The molecule has 0 aliphatic rings. The Labute approximate surface area is 92.8 Å². The Morgan fingerprint density at radius 2 is 1.80 bits per heavy atom. The molecule has 0 spiro atoms. The van der Waals surface area contributed by atoms with Crippen LogP contribution in [-0.4, -0.2) is 24.3 Å². The van der Waals surface area contributed by atoms with Crippen LogP contribution < -0.4 is 0 Å². The van der Waals surface area contributed by atoms with Crippen molar-refractivity contribution in [2.75, 3.05) is 13.2 Å². The maximum atomic E-state index is 10.7. The van der Waals surface area contributed by atoms with E-state index in [2.05, 4.69) is 6.92 Å². The first-order valence-electron chi connectivity index (χ1n) is 5.82. The third-order valence-corrected chi connectivity index (χ3v) is 2.43. The van der Waals surface area contributed by atoms with Crippen molar-refractivity contribution >= 4 is 5.97 Å². The van der Waals surface area contributed by atoms with E-state index in [4.69, 9.17) is 9.84 Å². The summed E-state index contributed by atoms with van der Waals surface area (Å²) in [6.45, 7) is 6.54. The Balaban J connectivity index is 3.35. The van der Waals surface area contributed by atoms with Crippen LogP contribution in [0.5, 0.6) is 0 Å². The van der Waals surface area contributed by atoms with Gasteiger partial charge in [-0.2, -0.15) is 0 Å². The van der Waals surface area contributed by atoms with Gasteiger partial charge in [0.2, 0.25) is 0 Å². The SMILES string of the molecule is CCCCCCCOCC(C)(C)C(=O)O. The van der Waals surface area contributed by atoms with E-state index in [0.29, 0.717) is 13.2 Å². The van der Waals surface area contributed by atoms with Gasteiger partial charge in [-0.25, -0.2) is 0 Å². The van der Waals surface area contributed by atoms with Crippen LogP contribution in [-0.2, 0) is 9.53 Å². The Kier molecular flexibility index (Phi) is 7.39. The number of carboxylic acids is 1. The van der Waals surface area contributed by atoms with Crippen LogP contribution in [0, 0.1) is 5.41 Å². The third-order valence-electron chi connectivity index (χ3n) is 2.43. The first-order chi connectivity index (χ1) is 7.00. The first-order valence-corrected chi connectivity index (χ1v) is 5.82. The van der Waals surface area contributed by atoms with Crippen molar-refractivity contribution in [1.29, 1.82) is 0 Å². The molecule has 0 bridgehead atoms. The molecular formula is C12H24O3. The smallest absolute Gasteiger partial charge is 0.311 e. The standard InChI is InChI=1S/C12H24O3/c1-4-5-6-7-8-9-15-10-12(2,3)11(13)14/h4-10H2,1-3H3,(H,13,14). The largest absolute Gasteiger partial charge is 0.481 e. The molecule has 0 aromatic rings. The van der Waals surface area contributed by atoms with Crippen molar-refractivity contribution in [2.24, 2.45) is 5.41 Å². The van der Waals surface area contributed by atoms with E-state index in [9.17, 15) is 4.79 Å². The van der Waals surface area contributed by atoms with Gasteiger partial charge < -0.3 is 9.84 Å². The highest BCUT2D eigenvalue weighted by molar-refractivity contribution is 5.73. The first kappa shape index (κ1) is 14.4. The average molecular weight is 216 g/mol. The number of rotatable bonds is 9. The molecule has 0 aliphatic carbocycles. The van der Waals surface area contributed by atoms with Crippen molar-refractivity contribution in [2.45, 2.75) is 52.9 Å². The van der Waals surface area contributed by atoms with Crippen molar-refractivity contribution in [3.63, 3.8) is 0 Å². The molecule has 0 rings (SSSR count). The summed E-state index contributed by atoms with van der Waals surface area (Å²) in [6, 6.07) is 0. The number of aliphatic carboxylic acids is 1. The summed E-state index contributed by atoms with van der Waals surface area (Å²) in [5.41, 5.74) is -0.760.